The smallest absolute Gasteiger partial charge is 0.129 e. The van der Waals surface area contributed by atoms with Crippen LogP contribution in [0.5, 0.6) is 0 Å². The normalized spacial score (nSPS) is 10.2. The Kier molecular flexibility index (Phi) is 4.38. The van der Waals surface area contributed by atoms with Crippen LogP contribution in [0.1, 0.15) is 0 Å². The molecule has 52 valence electrons. The third-order valence-electron chi connectivity index (χ3n) is 0.828. The van der Waals surface area contributed by atoms with Gasteiger partial charge in [0.25, 0.3) is 0 Å². The van der Waals surface area contributed by atoms with Gasteiger partial charge in [0.05, 0.1) is 5.88 Å². The van der Waals surface area contributed by atoms with Crippen molar-refractivity contribution in [2.45, 2.75) is 13.1 Å². The highest BCUT2D eigenvalue weighted by Gasteiger charge is 2.14. The quantitative estimate of drug-likeness (QED) is 0.330. The minimum Gasteiger partial charge on any atom is -0.129 e. The first kappa shape index (κ1) is 9.36. The van der Waals surface area contributed by atoms with Crippen molar-refractivity contribution in [2.75, 3.05) is 11.4 Å². The molecule has 0 aromatic heterocycles. The van der Waals surface area contributed by atoms with Crippen LogP contribution in [0.2, 0.25) is 13.1 Å². The molecule has 0 aromatic rings. The van der Waals surface area contributed by atoms with Gasteiger partial charge >= 0.3 is 0 Å². The second-order valence-corrected chi connectivity index (χ2v) is 7.81. The van der Waals surface area contributed by atoms with Gasteiger partial charge in [-0.3, -0.25) is 0 Å². The van der Waals surface area contributed by atoms with E-state index >= 15 is 0 Å². The summed E-state index contributed by atoms with van der Waals surface area (Å²) in [4.78, 5) is 0. The van der Waals surface area contributed by atoms with E-state index in [1.54, 1.807) is 0 Å². The summed E-state index contributed by atoms with van der Waals surface area (Å²) in [5, 5.41) is 0. The minimum absolute atomic E-state index is 0.424. The van der Waals surface area contributed by atoms with Crippen LogP contribution in [0.3, 0.4) is 0 Å². The SMILES string of the molecule is C[Si](C)(C#CCCl)CCl. The largest absolute Gasteiger partial charge is 0.146 e. The number of halogens is 2. The van der Waals surface area contributed by atoms with Gasteiger partial charge in [-0.25, -0.2) is 0 Å². The summed E-state index contributed by atoms with van der Waals surface area (Å²) in [5.74, 6) is 3.26. The third-order valence-corrected chi connectivity index (χ3v) is 4.49. The van der Waals surface area contributed by atoms with Gasteiger partial charge in [-0.2, -0.15) is 0 Å². The molecule has 0 bridgehead atoms. The molecule has 0 aliphatic heterocycles. The standard InChI is InChI=1S/C6H10Cl2Si/c1-9(2,6-8)5-3-4-7/h4,6H2,1-2H3. The lowest BCUT2D eigenvalue weighted by Crippen LogP contribution is -2.26. The fourth-order valence-electron chi connectivity index (χ4n) is 0.306. The monoisotopic (exact) mass is 180 g/mol. The first-order chi connectivity index (χ1) is 4.12. The van der Waals surface area contributed by atoms with E-state index in [1.165, 1.54) is 0 Å². The summed E-state index contributed by atoms with van der Waals surface area (Å²) in [6.07, 6.45) is 0. The summed E-state index contributed by atoms with van der Waals surface area (Å²) in [5.41, 5.74) is 3.77. The second kappa shape index (κ2) is 4.22. The number of hydrogen-bond acceptors (Lipinski definition) is 0. The predicted octanol–water partition coefficient (Wildman–Crippen LogP) is 2.25. The molecule has 0 rings (SSSR count). The Hall–Kier alpha value is 0.357. The molecule has 0 N–H and O–H groups in total. The molecule has 0 radical (unpaired) electrons. The Morgan fingerprint density at radius 1 is 1.33 bits per heavy atom. The van der Waals surface area contributed by atoms with E-state index in [4.69, 9.17) is 23.2 Å². The van der Waals surface area contributed by atoms with E-state index in [1.807, 2.05) is 0 Å². The van der Waals surface area contributed by atoms with Crippen LogP contribution in [-0.4, -0.2) is 19.5 Å². The summed E-state index contributed by atoms with van der Waals surface area (Å²) in [7, 11) is -1.38. The maximum atomic E-state index is 5.65. The van der Waals surface area contributed by atoms with Gasteiger partial charge in [-0.05, 0) is 0 Å². The Bertz CT molecular complexity index is 132. The highest BCUT2D eigenvalue weighted by molar-refractivity contribution is 6.89. The Morgan fingerprint density at radius 2 is 1.89 bits per heavy atom. The molecule has 9 heavy (non-hydrogen) atoms. The Balaban J connectivity index is 3.84. The molecule has 0 unspecified atom stereocenters. The molecule has 0 saturated heterocycles. The molecule has 0 aliphatic rings. The van der Waals surface area contributed by atoms with E-state index in [0.717, 1.165) is 0 Å². The van der Waals surface area contributed by atoms with Gasteiger partial charge in [-0.1, -0.05) is 19.0 Å². The fraction of sp³-hybridized carbons (Fsp3) is 0.667. The van der Waals surface area contributed by atoms with Crippen LogP contribution in [0.25, 0.3) is 0 Å². The summed E-state index contributed by atoms with van der Waals surface area (Å²) < 4.78 is 0. The van der Waals surface area contributed by atoms with Crippen molar-refractivity contribution in [2.24, 2.45) is 0 Å². The highest BCUT2D eigenvalue weighted by atomic mass is 35.5. The van der Waals surface area contributed by atoms with Crippen LogP contribution >= 0.6 is 23.2 Å². The zero-order valence-electron chi connectivity index (χ0n) is 5.67. The first-order valence-corrected chi connectivity index (χ1v) is 7.02. The Labute approximate surface area is 67.6 Å². The fourth-order valence-corrected chi connectivity index (χ4v) is 1.32. The predicted molar refractivity (Wildman–Crippen MR) is 46.7 cm³/mol. The molecule has 0 atom stereocenters. The lowest BCUT2D eigenvalue weighted by molar-refractivity contribution is 1.75. The van der Waals surface area contributed by atoms with Crippen LogP contribution in [-0.2, 0) is 0 Å². The molecule has 0 fully saturated rings. The number of hydrogen-bond donors (Lipinski definition) is 0. The van der Waals surface area contributed by atoms with Gasteiger partial charge in [-0.15, -0.1) is 28.7 Å². The second-order valence-electron chi connectivity index (χ2n) is 2.45. The van der Waals surface area contributed by atoms with Crippen molar-refractivity contribution in [3.8, 4) is 11.5 Å². The minimum atomic E-state index is -1.38. The molecule has 3 heteroatoms. The van der Waals surface area contributed by atoms with Crippen LogP contribution in [0, 0.1) is 11.5 Å². The molecule has 0 amide bonds. The van der Waals surface area contributed by atoms with Crippen molar-refractivity contribution >= 4 is 31.3 Å². The van der Waals surface area contributed by atoms with Gasteiger partial charge in [0.15, 0.2) is 0 Å². The summed E-state index contributed by atoms with van der Waals surface area (Å²) in [6.45, 7) is 4.25. The van der Waals surface area contributed by atoms with E-state index < -0.39 is 8.07 Å². The average molecular weight is 181 g/mol. The van der Waals surface area contributed by atoms with Crippen molar-refractivity contribution in [3.05, 3.63) is 0 Å². The van der Waals surface area contributed by atoms with Crippen molar-refractivity contribution < 1.29 is 0 Å². The molecule has 0 aromatic carbocycles. The van der Waals surface area contributed by atoms with Gasteiger partial charge in [0.1, 0.15) is 8.07 Å². The van der Waals surface area contributed by atoms with Crippen LogP contribution in [0.4, 0.5) is 0 Å². The van der Waals surface area contributed by atoms with Crippen molar-refractivity contribution in [1.29, 1.82) is 0 Å². The average Bonchev–Trinajstić information content (AvgIpc) is 1.84. The molecule has 0 aliphatic carbocycles. The van der Waals surface area contributed by atoms with Gasteiger partial charge in [0.2, 0.25) is 0 Å². The van der Waals surface area contributed by atoms with E-state index in [0.29, 0.717) is 11.4 Å². The molecular formula is C6H10Cl2Si. The topological polar surface area (TPSA) is 0 Å². The lowest BCUT2D eigenvalue weighted by atomic mass is 10.8. The summed E-state index contributed by atoms with van der Waals surface area (Å²) in [6, 6.07) is 0. The maximum absolute atomic E-state index is 5.65. The zero-order chi connectivity index (χ0) is 7.33. The van der Waals surface area contributed by atoms with E-state index in [-0.39, 0.29) is 0 Å². The molecule has 0 saturated carbocycles. The molecule has 0 nitrogen and oxygen atoms in total. The zero-order valence-corrected chi connectivity index (χ0v) is 8.18. The summed E-state index contributed by atoms with van der Waals surface area (Å²) >= 11 is 11.0. The first-order valence-electron chi connectivity index (χ1n) is 2.74. The van der Waals surface area contributed by atoms with E-state index in [2.05, 4.69) is 24.6 Å². The van der Waals surface area contributed by atoms with Crippen LogP contribution in [0.15, 0.2) is 0 Å². The lowest BCUT2D eigenvalue weighted by Gasteiger charge is -2.07. The van der Waals surface area contributed by atoms with Gasteiger partial charge < -0.3 is 0 Å². The number of alkyl halides is 2. The third kappa shape index (κ3) is 4.84. The van der Waals surface area contributed by atoms with Crippen molar-refractivity contribution in [3.63, 3.8) is 0 Å². The maximum Gasteiger partial charge on any atom is 0.146 e. The number of rotatable bonds is 1. The molecule has 0 spiro atoms. The van der Waals surface area contributed by atoms with E-state index in [9.17, 15) is 0 Å². The Morgan fingerprint density at radius 3 is 2.22 bits per heavy atom. The van der Waals surface area contributed by atoms with Crippen molar-refractivity contribution in [1.82, 2.24) is 0 Å². The highest BCUT2D eigenvalue weighted by Crippen LogP contribution is 2.01. The van der Waals surface area contributed by atoms with Gasteiger partial charge in [0, 0.05) is 5.50 Å². The van der Waals surface area contributed by atoms with Crippen LogP contribution < -0.4 is 0 Å². The molecular weight excluding hydrogens is 171 g/mol. The molecule has 0 heterocycles.